The van der Waals surface area contributed by atoms with Crippen LogP contribution in [0.4, 0.5) is 10.1 Å². The molecule has 0 atom stereocenters. The van der Waals surface area contributed by atoms with E-state index in [4.69, 9.17) is 9.47 Å². The molecule has 0 aliphatic rings. The van der Waals surface area contributed by atoms with Crippen molar-refractivity contribution >= 4 is 11.7 Å². The average Bonchev–Trinajstić information content (AvgIpc) is 2.44. The van der Waals surface area contributed by atoms with Gasteiger partial charge >= 0.3 is 5.97 Å². The summed E-state index contributed by atoms with van der Waals surface area (Å²) in [5, 5.41) is 3.20. The van der Waals surface area contributed by atoms with Crippen molar-refractivity contribution in [1.82, 2.24) is 0 Å². The Labute approximate surface area is 119 Å². The summed E-state index contributed by atoms with van der Waals surface area (Å²) < 4.78 is 23.0. The molecule has 0 amide bonds. The lowest BCUT2D eigenvalue weighted by Gasteiger charge is -2.11. The number of carbonyl (C=O) groups is 1. The minimum Gasteiger partial charge on any atom is -0.494 e. The van der Waals surface area contributed by atoms with Gasteiger partial charge in [0.1, 0.15) is 11.6 Å². The van der Waals surface area contributed by atoms with E-state index >= 15 is 0 Å². The number of hydrogen-bond donors (Lipinski definition) is 1. The van der Waals surface area contributed by atoms with E-state index in [-0.39, 0.29) is 11.8 Å². The molecular weight excluding hydrogens is 261 g/mol. The lowest BCUT2D eigenvalue weighted by Crippen LogP contribution is -2.05. The van der Waals surface area contributed by atoms with Crippen LogP contribution in [0, 0.1) is 5.82 Å². The van der Waals surface area contributed by atoms with E-state index in [1.54, 1.807) is 13.0 Å². The third kappa shape index (κ3) is 5.91. The first-order valence-corrected chi connectivity index (χ1v) is 6.90. The number of hydrogen-bond acceptors (Lipinski definition) is 4. The monoisotopic (exact) mass is 283 g/mol. The van der Waals surface area contributed by atoms with Gasteiger partial charge < -0.3 is 14.8 Å². The first-order valence-electron chi connectivity index (χ1n) is 6.90. The smallest absolute Gasteiger partial charge is 0.305 e. The first kappa shape index (κ1) is 16.3. The number of halogens is 1. The van der Waals surface area contributed by atoms with E-state index in [0.717, 1.165) is 31.5 Å². The van der Waals surface area contributed by atoms with Crippen LogP contribution in [0.15, 0.2) is 18.2 Å². The summed E-state index contributed by atoms with van der Waals surface area (Å²) in [5.74, 6) is 0.0408. The number of ether oxygens (including phenoxy) is 2. The molecule has 1 N–H and O–H groups in total. The van der Waals surface area contributed by atoms with Gasteiger partial charge in [0.25, 0.3) is 0 Å². The van der Waals surface area contributed by atoms with Crippen LogP contribution in [0.25, 0.3) is 0 Å². The molecule has 0 heterocycles. The Morgan fingerprint density at radius 1 is 1.30 bits per heavy atom. The van der Waals surface area contributed by atoms with Crippen molar-refractivity contribution in [2.45, 2.75) is 32.6 Å². The molecule has 20 heavy (non-hydrogen) atoms. The number of rotatable bonds is 9. The molecule has 5 heteroatoms. The molecular formula is C15H22FNO3. The highest BCUT2D eigenvalue weighted by Crippen LogP contribution is 2.24. The number of methoxy groups -OCH3 is 1. The van der Waals surface area contributed by atoms with Crippen molar-refractivity contribution < 1.29 is 18.7 Å². The summed E-state index contributed by atoms with van der Waals surface area (Å²) in [5.41, 5.74) is 0.777. The minimum atomic E-state index is -0.318. The molecule has 0 unspecified atom stereocenters. The summed E-state index contributed by atoms with van der Waals surface area (Å²) in [6.07, 6.45) is 3.16. The van der Waals surface area contributed by atoms with Crippen LogP contribution in [0.2, 0.25) is 0 Å². The highest BCUT2D eigenvalue weighted by atomic mass is 19.1. The fourth-order valence-corrected chi connectivity index (χ4v) is 1.84. The van der Waals surface area contributed by atoms with Crippen LogP contribution in [0.5, 0.6) is 5.75 Å². The maximum absolute atomic E-state index is 13.0. The van der Waals surface area contributed by atoms with Crippen molar-refractivity contribution in [3.8, 4) is 5.75 Å². The fraction of sp³-hybridized carbons (Fsp3) is 0.533. The van der Waals surface area contributed by atoms with Gasteiger partial charge in [-0.15, -0.1) is 0 Å². The van der Waals surface area contributed by atoms with Crippen LogP contribution in [0.3, 0.4) is 0 Å². The zero-order valence-corrected chi connectivity index (χ0v) is 12.1. The van der Waals surface area contributed by atoms with Gasteiger partial charge in [0, 0.05) is 19.0 Å². The quantitative estimate of drug-likeness (QED) is 0.557. The molecule has 0 spiro atoms. The number of unbranched alkanes of at least 4 members (excludes halogenated alkanes) is 2. The van der Waals surface area contributed by atoms with Crippen LogP contribution < -0.4 is 10.1 Å². The SMILES string of the molecule is CCOC(=O)CCCCCNc1ccc(F)cc1OC. The second-order valence-corrected chi connectivity index (χ2v) is 4.39. The zero-order valence-electron chi connectivity index (χ0n) is 12.1. The van der Waals surface area contributed by atoms with E-state index in [9.17, 15) is 9.18 Å². The highest BCUT2D eigenvalue weighted by Gasteiger charge is 2.04. The van der Waals surface area contributed by atoms with Gasteiger partial charge in [-0.1, -0.05) is 6.42 Å². The Morgan fingerprint density at radius 2 is 2.10 bits per heavy atom. The second kappa shape index (κ2) is 9.18. The number of benzene rings is 1. The molecule has 0 fully saturated rings. The third-order valence-electron chi connectivity index (χ3n) is 2.84. The number of anilines is 1. The molecule has 0 bridgehead atoms. The second-order valence-electron chi connectivity index (χ2n) is 4.39. The topological polar surface area (TPSA) is 47.6 Å². The van der Waals surface area contributed by atoms with Gasteiger partial charge in [0.2, 0.25) is 0 Å². The number of carbonyl (C=O) groups excluding carboxylic acids is 1. The summed E-state index contributed by atoms with van der Waals surface area (Å²) >= 11 is 0. The molecule has 0 saturated heterocycles. The highest BCUT2D eigenvalue weighted by molar-refractivity contribution is 5.69. The van der Waals surface area contributed by atoms with E-state index < -0.39 is 0 Å². The Bertz CT molecular complexity index is 424. The largest absolute Gasteiger partial charge is 0.494 e. The molecule has 1 rings (SSSR count). The molecule has 0 aliphatic heterocycles. The van der Waals surface area contributed by atoms with Crippen molar-refractivity contribution in [2.75, 3.05) is 25.6 Å². The van der Waals surface area contributed by atoms with E-state index in [0.29, 0.717) is 18.8 Å². The van der Waals surface area contributed by atoms with Crippen molar-refractivity contribution in [2.24, 2.45) is 0 Å². The maximum atomic E-state index is 13.0. The lowest BCUT2D eigenvalue weighted by molar-refractivity contribution is -0.143. The zero-order chi connectivity index (χ0) is 14.8. The summed E-state index contributed by atoms with van der Waals surface area (Å²) in [7, 11) is 1.51. The molecule has 1 aromatic rings. The predicted molar refractivity (Wildman–Crippen MR) is 76.5 cm³/mol. The van der Waals surface area contributed by atoms with E-state index in [1.165, 1.54) is 19.2 Å². The standard InChI is InChI=1S/C15H22FNO3/c1-3-20-15(18)7-5-4-6-10-17-13-9-8-12(16)11-14(13)19-2/h8-9,11,17H,3-7,10H2,1-2H3. The summed E-state index contributed by atoms with van der Waals surface area (Å²) in [4.78, 5) is 11.1. The molecule has 1 aromatic carbocycles. The Morgan fingerprint density at radius 3 is 2.80 bits per heavy atom. The van der Waals surface area contributed by atoms with Gasteiger partial charge in [0.05, 0.1) is 19.4 Å². The van der Waals surface area contributed by atoms with Crippen LogP contribution >= 0.6 is 0 Å². The van der Waals surface area contributed by atoms with Crippen LogP contribution in [-0.2, 0) is 9.53 Å². The van der Waals surface area contributed by atoms with Crippen molar-refractivity contribution in [1.29, 1.82) is 0 Å². The van der Waals surface area contributed by atoms with Crippen molar-refractivity contribution in [3.05, 3.63) is 24.0 Å². The first-order chi connectivity index (χ1) is 9.67. The Balaban J connectivity index is 2.20. The number of esters is 1. The number of nitrogens with one attached hydrogen (secondary N) is 1. The molecule has 4 nitrogen and oxygen atoms in total. The lowest BCUT2D eigenvalue weighted by atomic mass is 10.2. The normalized spacial score (nSPS) is 10.2. The van der Waals surface area contributed by atoms with Crippen LogP contribution in [-0.4, -0.2) is 26.2 Å². The summed E-state index contributed by atoms with van der Waals surface area (Å²) in [6, 6.07) is 4.40. The molecule has 0 radical (unpaired) electrons. The van der Waals surface area contributed by atoms with Gasteiger partial charge in [-0.3, -0.25) is 4.79 Å². The van der Waals surface area contributed by atoms with Gasteiger partial charge in [0.15, 0.2) is 0 Å². The molecule has 112 valence electrons. The molecule has 0 aromatic heterocycles. The van der Waals surface area contributed by atoms with Gasteiger partial charge in [-0.2, -0.15) is 0 Å². The van der Waals surface area contributed by atoms with Crippen LogP contribution in [0.1, 0.15) is 32.6 Å². The summed E-state index contributed by atoms with van der Waals surface area (Å²) in [6.45, 7) is 2.99. The van der Waals surface area contributed by atoms with Gasteiger partial charge in [-0.25, -0.2) is 4.39 Å². The average molecular weight is 283 g/mol. The Kier molecular flexibility index (Phi) is 7.47. The van der Waals surface area contributed by atoms with Crippen molar-refractivity contribution in [3.63, 3.8) is 0 Å². The van der Waals surface area contributed by atoms with E-state index in [2.05, 4.69) is 5.32 Å². The predicted octanol–water partition coefficient (Wildman–Crippen LogP) is 3.37. The molecule has 0 aliphatic carbocycles. The third-order valence-corrected chi connectivity index (χ3v) is 2.84. The van der Waals surface area contributed by atoms with Gasteiger partial charge in [-0.05, 0) is 31.9 Å². The Hall–Kier alpha value is -1.78. The maximum Gasteiger partial charge on any atom is 0.305 e. The fourth-order valence-electron chi connectivity index (χ4n) is 1.84. The minimum absolute atomic E-state index is 0.138. The van der Waals surface area contributed by atoms with E-state index in [1.807, 2.05) is 0 Å². The molecule has 0 saturated carbocycles.